The molecule has 2 aromatic rings. The van der Waals surface area contributed by atoms with E-state index in [9.17, 15) is 13.5 Å². The van der Waals surface area contributed by atoms with E-state index in [1.54, 1.807) is 49.4 Å². The Bertz CT molecular complexity index is 704. The molecule has 2 rings (SSSR count). The molecule has 2 atom stereocenters. The van der Waals surface area contributed by atoms with Crippen molar-refractivity contribution in [1.29, 1.82) is 0 Å². The van der Waals surface area contributed by atoms with Crippen LogP contribution in [0.3, 0.4) is 0 Å². The van der Waals surface area contributed by atoms with Gasteiger partial charge in [0.15, 0.2) is 0 Å². The minimum Gasteiger partial charge on any atom is -0.387 e. The minimum absolute atomic E-state index is 0.150. The molecular weight excluding hydrogens is 354 g/mol. The van der Waals surface area contributed by atoms with Gasteiger partial charge in [0, 0.05) is 10.5 Å². The maximum Gasteiger partial charge on any atom is 0.242 e. The van der Waals surface area contributed by atoms with Gasteiger partial charge in [-0.15, -0.1) is 0 Å². The van der Waals surface area contributed by atoms with Crippen LogP contribution in [0, 0.1) is 0 Å². The molecule has 0 bridgehead atoms. The van der Waals surface area contributed by atoms with Gasteiger partial charge in [-0.2, -0.15) is 0 Å². The summed E-state index contributed by atoms with van der Waals surface area (Å²) in [7, 11) is -3.70. The van der Waals surface area contributed by atoms with Crippen molar-refractivity contribution in [2.75, 3.05) is 0 Å². The molecule has 0 amide bonds. The first kappa shape index (κ1) is 16.2. The van der Waals surface area contributed by atoms with Crippen molar-refractivity contribution in [2.24, 2.45) is 0 Å². The normalized spacial score (nSPS) is 14.6. The number of hydrogen-bond acceptors (Lipinski definition) is 3. The number of benzene rings is 2. The zero-order chi connectivity index (χ0) is 15.5. The summed E-state index contributed by atoms with van der Waals surface area (Å²) in [5.74, 6) is 0. The monoisotopic (exact) mass is 369 g/mol. The zero-order valence-electron chi connectivity index (χ0n) is 11.4. The van der Waals surface area contributed by atoms with E-state index in [4.69, 9.17) is 0 Å². The van der Waals surface area contributed by atoms with E-state index < -0.39 is 22.2 Å². The summed E-state index contributed by atoms with van der Waals surface area (Å²) >= 11 is 3.22. The molecule has 21 heavy (non-hydrogen) atoms. The van der Waals surface area contributed by atoms with E-state index in [1.807, 2.05) is 6.07 Å². The lowest BCUT2D eigenvalue weighted by atomic mass is 10.0. The Morgan fingerprint density at radius 2 is 1.62 bits per heavy atom. The van der Waals surface area contributed by atoms with Crippen LogP contribution in [0.2, 0.25) is 0 Å². The van der Waals surface area contributed by atoms with E-state index in [2.05, 4.69) is 20.7 Å². The van der Waals surface area contributed by atoms with Gasteiger partial charge in [0.1, 0.15) is 0 Å². The van der Waals surface area contributed by atoms with E-state index in [-0.39, 0.29) is 4.90 Å². The highest BCUT2D eigenvalue weighted by Gasteiger charge is 2.24. The Balaban J connectivity index is 2.19. The number of sulfonamides is 1. The predicted octanol–water partition coefficient (Wildman–Crippen LogP) is 2.85. The van der Waals surface area contributed by atoms with Crippen molar-refractivity contribution < 1.29 is 13.5 Å². The van der Waals surface area contributed by atoms with Crippen molar-refractivity contribution in [2.45, 2.75) is 24.0 Å². The van der Waals surface area contributed by atoms with Gasteiger partial charge in [-0.1, -0.05) is 42.5 Å². The average Bonchev–Trinajstić information content (AvgIpc) is 2.47. The Morgan fingerprint density at radius 1 is 1.05 bits per heavy atom. The van der Waals surface area contributed by atoms with Gasteiger partial charge in [-0.05, 0) is 40.5 Å². The largest absolute Gasteiger partial charge is 0.387 e. The first-order chi connectivity index (χ1) is 9.92. The molecule has 0 radical (unpaired) electrons. The van der Waals surface area contributed by atoms with Crippen LogP contribution >= 0.6 is 15.9 Å². The molecule has 0 aliphatic rings. The molecule has 2 aromatic carbocycles. The van der Waals surface area contributed by atoms with Gasteiger partial charge in [-0.25, -0.2) is 13.1 Å². The number of hydrogen-bond donors (Lipinski definition) is 2. The second-order valence-electron chi connectivity index (χ2n) is 4.70. The summed E-state index contributed by atoms with van der Waals surface area (Å²) in [4.78, 5) is 0.150. The number of nitrogens with one attached hydrogen (secondary N) is 1. The fraction of sp³-hybridized carbons (Fsp3) is 0.200. The lowest BCUT2D eigenvalue weighted by molar-refractivity contribution is 0.146. The van der Waals surface area contributed by atoms with Crippen LogP contribution in [0.5, 0.6) is 0 Å². The lowest BCUT2D eigenvalue weighted by Crippen LogP contribution is -2.37. The molecule has 0 saturated carbocycles. The third-order valence-electron chi connectivity index (χ3n) is 3.08. The van der Waals surface area contributed by atoms with Crippen LogP contribution in [-0.4, -0.2) is 19.6 Å². The Morgan fingerprint density at radius 3 is 2.24 bits per heavy atom. The van der Waals surface area contributed by atoms with Crippen molar-refractivity contribution in [3.05, 3.63) is 64.6 Å². The molecule has 0 unspecified atom stereocenters. The molecule has 0 aliphatic heterocycles. The summed E-state index contributed by atoms with van der Waals surface area (Å²) in [5, 5.41) is 10.2. The standard InChI is InChI=1S/C15H16BrNO3S/c1-11(15(18)12-7-3-2-4-8-12)17-21(19,20)14-10-6-5-9-13(14)16/h2-11,15,17-18H,1H3/t11-,15+/m0/s1. The Labute approximate surface area is 133 Å². The number of aliphatic hydroxyl groups excluding tert-OH is 1. The van der Waals surface area contributed by atoms with Gasteiger partial charge in [0.05, 0.1) is 11.0 Å². The number of aliphatic hydroxyl groups is 1. The Hall–Kier alpha value is -1.21. The van der Waals surface area contributed by atoms with Crippen molar-refractivity contribution in [3.8, 4) is 0 Å². The third-order valence-corrected chi connectivity index (χ3v) is 5.65. The Kier molecular flexibility index (Phi) is 5.16. The third kappa shape index (κ3) is 3.91. The van der Waals surface area contributed by atoms with Crippen molar-refractivity contribution >= 4 is 26.0 Å². The highest BCUT2D eigenvalue weighted by molar-refractivity contribution is 9.10. The van der Waals surface area contributed by atoms with Crippen molar-refractivity contribution in [3.63, 3.8) is 0 Å². The fourth-order valence-electron chi connectivity index (χ4n) is 1.97. The molecule has 0 aliphatic carbocycles. The summed E-state index contributed by atoms with van der Waals surface area (Å²) in [6, 6.07) is 14.9. The topological polar surface area (TPSA) is 66.4 Å². The van der Waals surface area contributed by atoms with Crippen LogP contribution in [-0.2, 0) is 10.0 Å². The summed E-state index contributed by atoms with van der Waals surface area (Å²) in [6.45, 7) is 1.63. The van der Waals surface area contributed by atoms with E-state index in [1.165, 1.54) is 6.07 Å². The number of rotatable bonds is 5. The highest BCUT2D eigenvalue weighted by atomic mass is 79.9. The van der Waals surface area contributed by atoms with Crippen LogP contribution in [0.15, 0.2) is 64.0 Å². The van der Waals surface area contributed by atoms with E-state index in [0.717, 1.165) is 0 Å². The molecule has 0 aromatic heterocycles. The molecule has 0 heterocycles. The van der Waals surface area contributed by atoms with Gasteiger partial charge in [-0.3, -0.25) is 0 Å². The van der Waals surface area contributed by atoms with Crippen LogP contribution < -0.4 is 4.72 Å². The second-order valence-corrected chi connectivity index (χ2v) is 7.23. The van der Waals surface area contributed by atoms with Gasteiger partial charge in [0.2, 0.25) is 10.0 Å². The first-order valence-corrected chi connectivity index (χ1v) is 8.69. The molecule has 112 valence electrons. The van der Waals surface area contributed by atoms with Gasteiger partial charge < -0.3 is 5.11 Å². The highest BCUT2D eigenvalue weighted by Crippen LogP contribution is 2.23. The molecule has 4 nitrogen and oxygen atoms in total. The van der Waals surface area contributed by atoms with E-state index in [0.29, 0.717) is 10.0 Å². The van der Waals surface area contributed by atoms with Gasteiger partial charge in [0.25, 0.3) is 0 Å². The van der Waals surface area contributed by atoms with E-state index >= 15 is 0 Å². The van der Waals surface area contributed by atoms with Crippen LogP contribution in [0.25, 0.3) is 0 Å². The lowest BCUT2D eigenvalue weighted by Gasteiger charge is -2.21. The minimum atomic E-state index is -3.70. The fourth-order valence-corrected chi connectivity index (χ4v) is 4.23. The molecular formula is C15H16BrNO3S. The molecule has 0 spiro atoms. The van der Waals surface area contributed by atoms with Crippen LogP contribution in [0.1, 0.15) is 18.6 Å². The predicted molar refractivity (Wildman–Crippen MR) is 85.3 cm³/mol. The number of halogens is 1. The smallest absolute Gasteiger partial charge is 0.242 e. The molecule has 0 saturated heterocycles. The molecule has 6 heteroatoms. The second kappa shape index (κ2) is 6.70. The van der Waals surface area contributed by atoms with Crippen LogP contribution in [0.4, 0.5) is 0 Å². The first-order valence-electron chi connectivity index (χ1n) is 6.41. The van der Waals surface area contributed by atoms with Gasteiger partial charge >= 0.3 is 0 Å². The quantitative estimate of drug-likeness (QED) is 0.851. The molecule has 2 N–H and O–H groups in total. The maximum absolute atomic E-state index is 12.3. The SMILES string of the molecule is C[C@H](NS(=O)(=O)c1ccccc1Br)[C@@H](O)c1ccccc1. The summed E-state index contributed by atoms with van der Waals surface area (Å²) in [6.07, 6.45) is -0.913. The molecule has 0 fully saturated rings. The average molecular weight is 370 g/mol. The summed E-state index contributed by atoms with van der Waals surface area (Å²) < 4.78 is 27.7. The maximum atomic E-state index is 12.3. The summed E-state index contributed by atoms with van der Waals surface area (Å²) in [5.41, 5.74) is 0.667. The van der Waals surface area contributed by atoms with Crippen molar-refractivity contribution in [1.82, 2.24) is 4.72 Å². The zero-order valence-corrected chi connectivity index (χ0v) is 13.8.